The Bertz CT molecular complexity index is 968. The predicted molar refractivity (Wildman–Crippen MR) is 122 cm³/mol. The van der Waals surface area contributed by atoms with Crippen molar-refractivity contribution in [3.8, 4) is 5.75 Å². The number of amides is 1. The summed E-state index contributed by atoms with van der Waals surface area (Å²) in [4.78, 5) is 26.1. The highest BCUT2D eigenvalue weighted by molar-refractivity contribution is 7.99. The van der Waals surface area contributed by atoms with Gasteiger partial charge >= 0.3 is 6.09 Å². The summed E-state index contributed by atoms with van der Waals surface area (Å²) in [6, 6.07) is 11.9. The van der Waals surface area contributed by atoms with Crippen LogP contribution in [0.25, 0.3) is 0 Å². The average molecular weight is 437 g/mol. The molecule has 0 aliphatic carbocycles. The number of imidazole rings is 1. The minimum absolute atomic E-state index is 0.256. The van der Waals surface area contributed by atoms with Crippen LogP contribution in [0.4, 0.5) is 4.79 Å². The van der Waals surface area contributed by atoms with Crippen molar-refractivity contribution < 1.29 is 9.53 Å². The molecule has 2 aromatic heterocycles. The Hall–Kier alpha value is -2.80. The molecule has 0 atom stereocenters. The third-order valence-corrected chi connectivity index (χ3v) is 6.71. The van der Waals surface area contributed by atoms with Gasteiger partial charge in [0.05, 0.1) is 0 Å². The van der Waals surface area contributed by atoms with E-state index in [2.05, 4.69) is 27.9 Å². The van der Waals surface area contributed by atoms with Gasteiger partial charge in [0.2, 0.25) is 0 Å². The number of piperidine rings is 1. The zero-order valence-electron chi connectivity index (χ0n) is 17.8. The topological polar surface area (TPSA) is 71.1 Å². The minimum atomic E-state index is -0.256. The van der Waals surface area contributed by atoms with Gasteiger partial charge in [-0.05, 0) is 73.9 Å². The largest absolute Gasteiger partial charge is 0.415 e. The molecule has 7 heteroatoms. The van der Waals surface area contributed by atoms with Crippen LogP contribution in [-0.2, 0) is 12.8 Å². The summed E-state index contributed by atoms with van der Waals surface area (Å²) in [6.45, 7) is 3.56. The highest BCUT2D eigenvalue weighted by atomic mass is 32.2. The highest BCUT2D eigenvalue weighted by Gasteiger charge is 2.24. The van der Waals surface area contributed by atoms with Gasteiger partial charge in [-0.15, -0.1) is 0 Å². The standard InChI is InChI=1S/C24H28N4O2S/c1-18-8-11-25-21(16-18)5-2-19-3-6-22(7-4-19)30-24(29)28-14-9-20(10-15-28)17-31-23-26-12-13-27-23/h3-4,6-8,11-13,16,20H,2,5,9-10,14-15,17H2,1H3,(H,26,27). The monoisotopic (exact) mass is 436 g/mol. The number of H-pyrrole nitrogens is 1. The number of likely N-dealkylation sites (tertiary alicyclic amines) is 1. The molecule has 0 saturated carbocycles. The van der Waals surface area contributed by atoms with Crippen molar-refractivity contribution in [2.24, 2.45) is 5.92 Å². The maximum absolute atomic E-state index is 12.5. The van der Waals surface area contributed by atoms with Crippen LogP contribution in [0.5, 0.6) is 5.75 Å². The molecule has 0 spiro atoms. The second-order valence-electron chi connectivity index (χ2n) is 7.97. The van der Waals surface area contributed by atoms with Crippen molar-refractivity contribution in [3.05, 3.63) is 71.8 Å². The van der Waals surface area contributed by atoms with E-state index in [1.54, 1.807) is 18.0 Å². The minimum Gasteiger partial charge on any atom is -0.410 e. The lowest BCUT2D eigenvalue weighted by Gasteiger charge is -2.30. The summed E-state index contributed by atoms with van der Waals surface area (Å²) < 4.78 is 5.60. The molecule has 0 bridgehead atoms. The molecular weight excluding hydrogens is 408 g/mol. The molecule has 1 fully saturated rings. The summed E-state index contributed by atoms with van der Waals surface area (Å²) in [5.74, 6) is 2.22. The van der Waals surface area contributed by atoms with Crippen molar-refractivity contribution in [1.82, 2.24) is 19.9 Å². The maximum atomic E-state index is 12.5. The van der Waals surface area contributed by atoms with E-state index in [4.69, 9.17) is 4.74 Å². The lowest BCUT2D eigenvalue weighted by atomic mass is 9.99. The van der Waals surface area contributed by atoms with Gasteiger partial charge in [0.15, 0.2) is 5.16 Å². The molecule has 1 aliphatic rings. The third-order valence-electron chi connectivity index (χ3n) is 5.57. The fourth-order valence-electron chi connectivity index (χ4n) is 3.71. The molecule has 1 aliphatic heterocycles. The Morgan fingerprint density at radius 1 is 1.13 bits per heavy atom. The number of thioether (sulfide) groups is 1. The molecule has 3 heterocycles. The second kappa shape index (κ2) is 10.5. The number of benzene rings is 1. The molecule has 1 aromatic carbocycles. The lowest BCUT2D eigenvalue weighted by Crippen LogP contribution is -2.40. The Morgan fingerprint density at radius 2 is 1.94 bits per heavy atom. The number of nitrogens with one attached hydrogen (secondary N) is 1. The molecular formula is C24H28N4O2S. The number of nitrogens with zero attached hydrogens (tertiary/aromatic N) is 3. The van der Waals surface area contributed by atoms with Crippen LogP contribution >= 0.6 is 11.8 Å². The second-order valence-corrected chi connectivity index (χ2v) is 8.98. The number of aromatic amines is 1. The Balaban J connectivity index is 1.20. The van der Waals surface area contributed by atoms with Crippen LogP contribution in [-0.4, -0.2) is 44.8 Å². The van der Waals surface area contributed by atoms with Crippen LogP contribution in [0.3, 0.4) is 0 Å². The normalized spacial score (nSPS) is 14.5. The van der Waals surface area contributed by atoms with Crippen LogP contribution < -0.4 is 4.74 Å². The van der Waals surface area contributed by atoms with E-state index < -0.39 is 0 Å². The number of rotatable bonds is 7. The van der Waals surface area contributed by atoms with Crippen molar-refractivity contribution in [3.63, 3.8) is 0 Å². The number of hydrogen-bond donors (Lipinski definition) is 1. The van der Waals surface area contributed by atoms with Gasteiger partial charge in [-0.25, -0.2) is 9.78 Å². The van der Waals surface area contributed by atoms with Crippen LogP contribution in [0.2, 0.25) is 0 Å². The molecule has 31 heavy (non-hydrogen) atoms. The first kappa shape index (κ1) is 21.4. The molecule has 4 rings (SSSR count). The SMILES string of the molecule is Cc1ccnc(CCc2ccc(OC(=O)N3CCC(CSc4ncc[nH]4)CC3)cc2)c1. The third kappa shape index (κ3) is 6.34. The van der Waals surface area contributed by atoms with E-state index in [0.717, 1.165) is 55.4 Å². The van der Waals surface area contributed by atoms with Crippen LogP contribution in [0.1, 0.15) is 29.7 Å². The fourth-order valence-corrected chi connectivity index (χ4v) is 4.72. The number of hydrogen-bond acceptors (Lipinski definition) is 5. The van der Waals surface area contributed by atoms with Gasteiger partial charge in [-0.2, -0.15) is 0 Å². The summed E-state index contributed by atoms with van der Waals surface area (Å²) in [5.41, 5.74) is 3.53. The zero-order valence-corrected chi connectivity index (χ0v) is 18.6. The molecule has 0 unspecified atom stereocenters. The summed E-state index contributed by atoms with van der Waals surface area (Å²) in [6.07, 6.45) is 9.01. The van der Waals surface area contributed by atoms with Crippen molar-refractivity contribution in [2.75, 3.05) is 18.8 Å². The van der Waals surface area contributed by atoms with Crippen molar-refractivity contribution >= 4 is 17.9 Å². The number of pyridine rings is 1. The van der Waals surface area contributed by atoms with Gasteiger partial charge in [0, 0.05) is 43.1 Å². The van der Waals surface area contributed by atoms with Gasteiger partial charge < -0.3 is 14.6 Å². The van der Waals surface area contributed by atoms with Crippen LogP contribution in [0, 0.1) is 12.8 Å². The summed E-state index contributed by atoms with van der Waals surface area (Å²) in [5, 5.41) is 0.959. The van der Waals surface area contributed by atoms with E-state index in [1.165, 1.54) is 11.1 Å². The molecule has 1 saturated heterocycles. The van der Waals surface area contributed by atoms with E-state index in [0.29, 0.717) is 11.7 Å². The first-order valence-corrected chi connectivity index (χ1v) is 11.7. The summed E-state index contributed by atoms with van der Waals surface area (Å²) in [7, 11) is 0. The summed E-state index contributed by atoms with van der Waals surface area (Å²) >= 11 is 1.74. The maximum Gasteiger partial charge on any atom is 0.415 e. The number of aryl methyl sites for hydroxylation is 3. The fraction of sp³-hybridized carbons (Fsp3) is 0.375. The van der Waals surface area contributed by atoms with Gasteiger partial charge in [-0.1, -0.05) is 23.9 Å². The van der Waals surface area contributed by atoms with Crippen molar-refractivity contribution in [2.45, 2.75) is 37.8 Å². The Labute approximate surface area is 187 Å². The first-order chi connectivity index (χ1) is 15.2. The van der Waals surface area contributed by atoms with Gasteiger partial charge in [-0.3, -0.25) is 4.98 Å². The lowest BCUT2D eigenvalue weighted by molar-refractivity contribution is 0.134. The van der Waals surface area contributed by atoms with E-state index in [9.17, 15) is 4.79 Å². The van der Waals surface area contributed by atoms with E-state index in [1.807, 2.05) is 47.6 Å². The quantitative estimate of drug-likeness (QED) is 0.533. The Kier molecular flexibility index (Phi) is 7.25. The molecule has 6 nitrogen and oxygen atoms in total. The van der Waals surface area contributed by atoms with Gasteiger partial charge in [0.1, 0.15) is 5.75 Å². The van der Waals surface area contributed by atoms with Gasteiger partial charge in [0.25, 0.3) is 0 Å². The molecule has 0 radical (unpaired) electrons. The number of aromatic nitrogens is 3. The van der Waals surface area contributed by atoms with Crippen LogP contribution in [0.15, 0.2) is 60.1 Å². The molecule has 1 amide bonds. The average Bonchev–Trinajstić information content (AvgIpc) is 3.31. The first-order valence-electron chi connectivity index (χ1n) is 10.7. The smallest absolute Gasteiger partial charge is 0.410 e. The highest BCUT2D eigenvalue weighted by Crippen LogP contribution is 2.25. The number of carbonyl (C=O) groups excluding carboxylic acids is 1. The number of ether oxygens (including phenoxy) is 1. The van der Waals surface area contributed by atoms with E-state index >= 15 is 0 Å². The number of carbonyl (C=O) groups is 1. The van der Waals surface area contributed by atoms with Crippen molar-refractivity contribution in [1.29, 1.82) is 0 Å². The predicted octanol–water partition coefficient (Wildman–Crippen LogP) is 4.90. The molecule has 3 aromatic rings. The van der Waals surface area contributed by atoms with E-state index in [-0.39, 0.29) is 6.09 Å². The zero-order chi connectivity index (χ0) is 21.5. The molecule has 162 valence electrons. The molecule has 1 N–H and O–H groups in total. The Morgan fingerprint density at radius 3 is 2.65 bits per heavy atom.